The van der Waals surface area contributed by atoms with Gasteiger partial charge in [-0.05, 0) is 89.9 Å². The quantitative estimate of drug-likeness (QED) is 0.0199. The van der Waals surface area contributed by atoms with Crippen LogP contribution in [0.25, 0.3) is 0 Å². The minimum absolute atomic E-state index is 0.0973. The van der Waals surface area contributed by atoms with Gasteiger partial charge in [-0.2, -0.15) is 0 Å². The van der Waals surface area contributed by atoms with Crippen molar-refractivity contribution < 1.29 is 28.6 Å². The molecule has 63 heavy (non-hydrogen) atoms. The number of rotatable bonds is 46. The molecule has 0 radical (unpaired) electrons. The highest BCUT2D eigenvalue weighted by atomic mass is 16.6. The molecular formula is C57H96O6. The molecule has 6 nitrogen and oxygen atoms in total. The predicted octanol–water partition coefficient (Wildman–Crippen LogP) is 17.2. The van der Waals surface area contributed by atoms with Crippen molar-refractivity contribution in [2.75, 3.05) is 13.2 Å². The van der Waals surface area contributed by atoms with Crippen molar-refractivity contribution in [2.24, 2.45) is 0 Å². The van der Waals surface area contributed by atoms with Crippen LogP contribution in [0.2, 0.25) is 0 Å². The Hall–Kier alpha value is -3.41. The first kappa shape index (κ1) is 59.6. The first-order valence-electron chi connectivity index (χ1n) is 26.1. The van der Waals surface area contributed by atoms with Gasteiger partial charge >= 0.3 is 17.9 Å². The van der Waals surface area contributed by atoms with Crippen LogP contribution in [0.15, 0.2) is 85.1 Å². The molecule has 0 heterocycles. The molecule has 0 aromatic carbocycles. The summed E-state index contributed by atoms with van der Waals surface area (Å²) in [5.74, 6) is -0.954. The second kappa shape index (κ2) is 51.2. The molecule has 0 N–H and O–H groups in total. The molecule has 0 saturated heterocycles. The number of allylic oxidation sites excluding steroid dienone is 14. The van der Waals surface area contributed by atoms with Crippen molar-refractivity contribution in [1.29, 1.82) is 0 Å². The molecule has 0 aliphatic rings. The Kier molecular flexibility index (Phi) is 48.5. The third-order valence-corrected chi connectivity index (χ3v) is 11.0. The normalized spacial score (nSPS) is 12.7. The van der Waals surface area contributed by atoms with E-state index in [9.17, 15) is 14.4 Å². The number of unbranched alkanes of at least 4 members (excludes halogenated alkanes) is 24. The maximum atomic E-state index is 12.8. The monoisotopic (exact) mass is 877 g/mol. The van der Waals surface area contributed by atoms with E-state index in [2.05, 4.69) is 69.4 Å². The van der Waals surface area contributed by atoms with Crippen molar-refractivity contribution in [1.82, 2.24) is 0 Å². The van der Waals surface area contributed by atoms with Crippen molar-refractivity contribution >= 4 is 17.9 Å². The third-order valence-electron chi connectivity index (χ3n) is 11.0. The molecule has 0 bridgehead atoms. The van der Waals surface area contributed by atoms with Crippen molar-refractivity contribution in [2.45, 2.75) is 245 Å². The van der Waals surface area contributed by atoms with Crippen LogP contribution < -0.4 is 0 Å². The molecule has 0 aliphatic heterocycles. The van der Waals surface area contributed by atoms with Gasteiger partial charge in [0.1, 0.15) is 13.2 Å². The molecule has 0 saturated carbocycles. The molecule has 1 unspecified atom stereocenters. The minimum atomic E-state index is -0.800. The number of esters is 3. The molecule has 0 amide bonds. The molecule has 0 rings (SSSR count). The van der Waals surface area contributed by atoms with Crippen LogP contribution in [-0.4, -0.2) is 37.2 Å². The van der Waals surface area contributed by atoms with Gasteiger partial charge in [0.05, 0.1) is 0 Å². The highest BCUT2D eigenvalue weighted by Crippen LogP contribution is 2.14. The molecule has 360 valence electrons. The average molecular weight is 877 g/mol. The Balaban J connectivity index is 4.43. The van der Waals surface area contributed by atoms with E-state index in [0.29, 0.717) is 19.3 Å². The van der Waals surface area contributed by atoms with E-state index in [0.717, 1.165) is 96.3 Å². The number of carbonyl (C=O) groups excluding carboxylic acids is 3. The minimum Gasteiger partial charge on any atom is -0.462 e. The Labute approximate surface area is 388 Å². The Morgan fingerprint density at radius 2 is 0.698 bits per heavy atom. The maximum Gasteiger partial charge on any atom is 0.306 e. The van der Waals surface area contributed by atoms with Crippen LogP contribution in [0.5, 0.6) is 0 Å². The van der Waals surface area contributed by atoms with Gasteiger partial charge in [-0.25, -0.2) is 0 Å². The highest BCUT2D eigenvalue weighted by molar-refractivity contribution is 5.71. The van der Waals surface area contributed by atoms with Crippen molar-refractivity contribution in [3.63, 3.8) is 0 Å². The molecule has 0 fully saturated rings. The lowest BCUT2D eigenvalue weighted by molar-refractivity contribution is -0.167. The van der Waals surface area contributed by atoms with Crippen LogP contribution >= 0.6 is 0 Å². The third kappa shape index (κ3) is 49.5. The zero-order valence-electron chi connectivity index (χ0n) is 41.1. The highest BCUT2D eigenvalue weighted by Gasteiger charge is 2.19. The van der Waals surface area contributed by atoms with E-state index in [1.54, 1.807) is 0 Å². The summed E-state index contributed by atoms with van der Waals surface area (Å²) in [6.45, 7) is 6.34. The molecule has 0 aromatic rings. The van der Waals surface area contributed by atoms with Gasteiger partial charge in [0.25, 0.3) is 0 Å². The van der Waals surface area contributed by atoms with Crippen LogP contribution in [0.4, 0.5) is 0 Å². The van der Waals surface area contributed by atoms with Gasteiger partial charge in [-0.1, -0.05) is 215 Å². The fraction of sp³-hybridized carbons (Fsp3) is 0.702. The largest absolute Gasteiger partial charge is 0.462 e. The Bertz CT molecular complexity index is 1240. The molecule has 0 spiro atoms. The summed E-state index contributed by atoms with van der Waals surface area (Å²) in [6.07, 6.45) is 65.7. The number of hydrogen-bond acceptors (Lipinski definition) is 6. The van der Waals surface area contributed by atoms with Crippen LogP contribution in [0.1, 0.15) is 239 Å². The van der Waals surface area contributed by atoms with Crippen LogP contribution in [-0.2, 0) is 28.6 Å². The smallest absolute Gasteiger partial charge is 0.306 e. The van der Waals surface area contributed by atoms with Crippen LogP contribution in [0.3, 0.4) is 0 Å². The lowest BCUT2D eigenvalue weighted by Crippen LogP contribution is -2.30. The van der Waals surface area contributed by atoms with Gasteiger partial charge in [-0.3, -0.25) is 14.4 Å². The summed E-state index contributed by atoms with van der Waals surface area (Å²) in [7, 11) is 0. The van der Waals surface area contributed by atoms with Gasteiger partial charge in [-0.15, -0.1) is 0 Å². The predicted molar refractivity (Wildman–Crippen MR) is 270 cm³/mol. The number of ether oxygens (including phenoxy) is 3. The summed E-state index contributed by atoms with van der Waals surface area (Å²) < 4.78 is 16.8. The van der Waals surface area contributed by atoms with E-state index in [-0.39, 0.29) is 31.1 Å². The van der Waals surface area contributed by atoms with Gasteiger partial charge < -0.3 is 14.2 Å². The van der Waals surface area contributed by atoms with Crippen molar-refractivity contribution in [3.8, 4) is 0 Å². The Morgan fingerprint density at radius 3 is 1.17 bits per heavy atom. The van der Waals surface area contributed by atoms with E-state index in [1.807, 2.05) is 36.5 Å². The topological polar surface area (TPSA) is 78.9 Å². The first-order valence-corrected chi connectivity index (χ1v) is 26.1. The van der Waals surface area contributed by atoms with E-state index < -0.39 is 6.10 Å². The molecule has 0 aliphatic carbocycles. The SMILES string of the molecule is CC\C=C/C=C\C=C/C=C\CCCCCC(=O)OCC(COC(=O)CCCCCCC/C=C\CCCCCCCCCCC)OC(=O)CCCCCCCCC/C=C\C/C=C\CC. The van der Waals surface area contributed by atoms with E-state index in [1.165, 1.54) is 103 Å². The summed E-state index contributed by atoms with van der Waals surface area (Å²) in [4.78, 5) is 38.0. The lowest BCUT2D eigenvalue weighted by atomic mass is 10.1. The zero-order chi connectivity index (χ0) is 45.8. The summed E-state index contributed by atoms with van der Waals surface area (Å²) >= 11 is 0. The summed E-state index contributed by atoms with van der Waals surface area (Å²) in [6, 6.07) is 0. The van der Waals surface area contributed by atoms with Crippen molar-refractivity contribution in [3.05, 3.63) is 85.1 Å². The van der Waals surface area contributed by atoms with Gasteiger partial charge in [0, 0.05) is 19.3 Å². The van der Waals surface area contributed by atoms with E-state index in [4.69, 9.17) is 14.2 Å². The lowest BCUT2D eigenvalue weighted by Gasteiger charge is -2.18. The molecule has 6 heteroatoms. The number of carbonyl (C=O) groups is 3. The maximum absolute atomic E-state index is 12.8. The van der Waals surface area contributed by atoms with Crippen LogP contribution in [0, 0.1) is 0 Å². The summed E-state index contributed by atoms with van der Waals surface area (Å²) in [5.41, 5.74) is 0. The standard InChI is InChI=1S/C57H96O6/c1-4-7-10-13-16-19-22-25-27-28-29-30-33-35-38-41-44-47-50-56(59)62-53-54(52-61-55(58)49-46-43-40-37-34-31-24-21-18-15-12-9-6-3)63-57(60)51-48-45-42-39-36-32-26-23-20-17-14-11-8-5-2/h8-9,11-12,15,17-18,20-21,24,29-31,34,54H,4-7,10,13-14,16,19,22-23,25-28,32-33,35-53H2,1-3H3/b11-8-,12-9-,18-15-,20-17-,24-21-,30-29-,34-31-. The molecule has 1 atom stereocenters. The average Bonchev–Trinajstić information content (AvgIpc) is 3.28. The second-order valence-electron chi connectivity index (χ2n) is 17.1. The number of hydrogen-bond donors (Lipinski definition) is 0. The van der Waals surface area contributed by atoms with Gasteiger partial charge in [0.15, 0.2) is 6.10 Å². The summed E-state index contributed by atoms with van der Waals surface area (Å²) in [5, 5.41) is 0. The Morgan fingerprint density at radius 1 is 0.349 bits per heavy atom. The van der Waals surface area contributed by atoms with E-state index >= 15 is 0 Å². The molecule has 0 aromatic heterocycles. The zero-order valence-corrected chi connectivity index (χ0v) is 41.1. The second-order valence-corrected chi connectivity index (χ2v) is 17.1. The van der Waals surface area contributed by atoms with Gasteiger partial charge in [0.2, 0.25) is 0 Å². The first-order chi connectivity index (χ1) is 31.0. The molecular weight excluding hydrogens is 781 g/mol. The fourth-order valence-electron chi connectivity index (χ4n) is 7.07. The fourth-order valence-corrected chi connectivity index (χ4v) is 7.07.